The number of amides is 4. The molecule has 4 amide bonds. The number of nitrogens with zero attached hydrogens (tertiary/aromatic N) is 2. The van der Waals surface area contributed by atoms with E-state index >= 15 is 0 Å². The van der Waals surface area contributed by atoms with Crippen molar-refractivity contribution in [1.29, 1.82) is 0 Å². The lowest BCUT2D eigenvalue weighted by molar-refractivity contribution is -0.145. The van der Waals surface area contributed by atoms with E-state index in [1.165, 1.54) is 7.11 Å². The summed E-state index contributed by atoms with van der Waals surface area (Å²) in [5, 5.41) is 2.37. The summed E-state index contributed by atoms with van der Waals surface area (Å²) in [5.74, 6) is -1.08. The van der Waals surface area contributed by atoms with E-state index in [1.54, 1.807) is 4.90 Å². The van der Waals surface area contributed by atoms with Crippen molar-refractivity contribution in [3.05, 3.63) is 0 Å². The van der Waals surface area contributed by atoms with Crippen LogP contribution in [-0.4, -0.2) is 66.4 Å². The highest BCUT2D eigenvalue weighted by atomic mass is 16.5. The van der Waals surface area contributed by atoms with Gasteiger partial charge in [0.2, 0.25) is 5.91 Å². The molecule has 0 aliphatic carbocycles. The third-order valence-electron chi connectivity index (χ3n) is 3.81. The van der Waals surface area contributed by atoms with Crippen molar-refractivity contribution in [3.63, 3.8) is 0 Å². The number of hydrogen-bond donors (Lipinski definition) is 1. The van der Waals surface area contributed by atoms with Crippen LogP contribution in [0.4, 0.5) is 4.79 Å². The van der Waals surface area contributed by atoms with Crippen molar-refractivity contribution in [2.24, 2.45) is 0 Å². The monoisotopic (exact) mass is 297 g/mol. The van der Waals surface area contributed by atoms with Gasteiger partial charge < -0.3 is 15.0 Å². The fourth-order valence-electron chi connectivity index (χ4n) is 2.66. The summed E-state index contributed by atoms with van der Waals surface area (Å²) < 4.78 is 4.64. The molecule has 8 nitrogen and oxygen atoms in total. The van der Waals surface area contributed by atoms with Crippen LogP contribution in [0.5, 0.6) is 0 Å². The van der Waals surface area contributed by atoms with Gasteiger partial charge in [-0.2, -0.15) is 0 Å². The third kappa shape index (κ3) is 3.50. The molecular weight excluding hydrogens is 278 g/mol. The van der Waals surface area contributed by atoms with Crippen molar-refractivity contribution in [3.8, 4) is 0 Å². The van der Waals surface area contributed by atoms with Gasteiger partial charge >= 0.3 is 12.0 Å². The molecule has 2 saturated heterocycles. The number of ether oxygens (including phenoxy) is 1. The largest absolute Gasteiger partial charge is 0.469 e. The van der Waals surface area contributed by atoms with Gasteiger partial charge in [0, 0.05) is 12.6 Å². The first-order valence-electron chi connectivity index (χ1n) is 6.97. The van der Waals surface area contributed by atoms with Crippen LogP contribution < -0.4 is 5.32 Å². The summed E-state index contributed by atoms with van der Waals surface area (Å²) in [7, 11) is 1.31. The number of piperidine rings is 1. The van der Waals surface area contributed by atoms with E-state index in [2.05, 4.69) is 10.1 Å². The molecule has 2 fully saturated rings. The summed E-state index contributed by atoms with van der Waals surface area (Å²) in [6.45, 7) is 0.185. The Morgan fingerprint density at radius 2 is 2.10 bits per heavy atom. The molecule has 0 bridgehead atoms. The molecule has 0 saturated carbocycles. The van der Waals surface area contributed by atoms with E-state index in [0.717, 1.165) is 24.2 Å². The Morgan fingerprint density at radius 1 is 1.33 bits per heavy atom. The average Bonchev–Trinajstić information content (AvgIpc) is 2.79. The van der Waals surface area contributed by atoms with Crippen molar-refractivity contribution in [2.75, 3.05) is 26.7 Å². The van der Waals surface area contributed by atoms with Crippen LogP contribution in [-0.2, 0) is 19.1 Å². The number of imide groups is 1. The molecular formula is C13H19N3O5. The topological polar surface area (TPSA) is 96.0 Å². The zero-order valence-electron chi connectivity index (χ0n) is 12.0. The first-order chi connectivity index (χ1) is 10.0. The van der Waals surface area contributed by atoms with Crippen LogP contribution in [0.3, 0.4) is 0 Å². The van der Waals surface area contributed by atoms with E-state index in [0.29, 0.717) is 6.54 Å². The Hall–Kier alpha value is -2.12. The highest BCUT2D eigenvalue weighted by Gasteiger charge is 2.34. The normalized spacial score (nSPS) is 22.2. The maximum atomic E-state index is 12.3. The molecule has 0 spiro atoms. The Kier molecular flexibility index (Phi) is 4.77. The van der Waals surface area contributed by atoms with Gasteiger partial charge in [-0.25, -0.2) is 4.79 Å². The maximum absolute atomic E-state index is 12.3. The van der Waals surface area contributed by atoms with E-state index in [9.17, 15) is 19.2 Å². The Bertz CT molecular complexity index is 449. The second kappa shape index (κ2) is 6.55. The fourth-order valence-corrected chi connectivity index (χ4v) is 2.66. The predicted octanol–water partition coefficient (Wildman–Crippen LogP) is -0.518. The highest BCUT2D eigenvalue weighted by Crippen LogP contribution is 2.20. The second-order valence-electron chi connectivity index (χ2n) is 5.16. The van der Waals surface area contributed by atoms with Crippen molar-refractivity contribution >= 4 is 23.8 Å². The Morgan fingerprint density at radius 3 is 2.71 bits per heavy atom. The summed E-state index contributed by atoms with van der Waals surface area (Å²) in [5.41, 5.74) is 0. The number of methoxy groups -OCH3 is 1. The average molecular weight is 297 g/mol. The number of nitrogens with one attached hydrogen (secondary N) is 1. The smallest absolute Gasteiger partial charge is 0.325 e. The summed E-state index contributed by atoms with van der Waals surface area (Å²) in [6.07, 6.45) is 2.65. The minimum Gasteiger partial charge on any atom is -0.469 e. The third-order valence-corrected chi connectivity index (χ3v) is 3.81. The van der Waals surface area contributed by atoms with Crippen LogP contribution in [0.2, 0.25) is 0 Å². The molecule has 0 aromatic rings. The second-order valence-corrected chi connectivity index (χ2v) is 5.16. The lowest BCUT2D eigenvalue weighted by Crippen LogP contribution is -2.49. The van der Waals surface area contributed by atoms with Gasteiger partial charge in [-0.15, -0.1) is 0 Å². The molecule has 116 valence electrons. The van der Waals surface area contributed by atoms with Crippen LogP contribution in [0.15, 0.2) is 0 Å². The van der Waals surface area contributed by atoms with Gasteiger partial charge in [-0.05, 0) is 19.3 Å². The number of rotatable bonds is 4. The van der Waals surface area contributed by atoms with Crippen molar-refractivity contribution < 1.29 is 23.9 Å². The molecule has 21 heavy (non-hydrogen) atoms. The molecule has 0 radical (unpaired) electrons. The molecule has 2 heterocycles. The van der Waals surface area contributed by atoms with Gasteiger partial charge in [0.25, 0.3) is 5.91 Å². The zero-order valence-corrected chi connectivity index (χ0v) is 12.0. The van der Waals surface area contributed by atoms with E-state index in [-0.39, 0.29) is 37.4 Å². The number of esters is 1. The van der Waals surface area contributed by atoms with E-state index in [4.69, 9.17) is 0 Å². The van der Waals surface area contributed by atoms with E-state index in [1.807, 2.05) is 0 Å². The molecule has 2 rings (SSSR count). The standard InChI is InChI=1S/C13H19N3O5/c1-21-12(19)6-9-4-2-3-5-15(9)11(18)8-16-10(17)7-14-13(16)20/h9H,2-8H2,1H3,(H,14,20). The van der Waals surface area contributed by atoms with Crippen LogP contribution >= 0.6 is 0 Å². The first-order valence-corrected chi connectivity index (χ1v) is 6.97. The van der Waals surface area contributed by atoms with Crippen molar-refractivity contribution in [2.45, 2.75) is 31.7 Å². The fraction of sp³-hybridized carbons (Fsp3) is 0.692. The highest BCUT2D eigenvalue weighted by molar-refractivity contribution is 6.04. The van der Waals surface area contributed by atoms with E-state index < -0.39 is 11.9 Å². The van der Waals surface area contributed by atoms with Crippen LogP contribution in [0, 0.1) is 0 Å². The zero-order chi connectivity index (χ0) is 15.4. The molecule has 1 unspecified atom stereocenters. The summed E-state index contributed by atoms with van der Waals surface area (Å²) >= 11 is 0. The SMILES string of the molecule is COC(=O)CC1CCCCN1C(=O)CN1C(=O)CNC1=O. The number of urea groups is 1. The summed E-state index contributed by atoms with van der Waals surface area (Å²) in [4.78, 5) is 49.2. The Labute approximate surface area is 122 Å². The molecule has 1 N–H and O–H groups in total. The maximum Gasteiger partial charge on any atom is 0.325 e. The lowest BCUT2D eigenvalue weighted by atomic mass is 9.99. The minimum atomic E-state index is -0.546. The van der Waals surface area contributed by atoms with Crippen LogP contribution in [0.25, 0.3) is 0 Å². The summed E-state index contributed by atoms with van der Waals surface area (Å²) in [6, 6.07) is -0.769. The molecule has 8 heteroatoms. The molecule has 2 aliphatic heterocycles. The number of carbonyl (C=O) groups is 4. The first kappa shape index (κ1) is 15.3. The lowest BCUT2D eigenvalue weighted by Gasteiger charge is -2.35. The quantitative estimate of drug-likeness (QED) is 0.556. The Balaban J connectivity index is 1.99. The van der Waals surface area contributed by atoms with Gasteiger partial charge in [-0.3, -0.25) is 19.3 Å². The molecule has 2 aliphatic rings. The van der Waals surface area contributed by atoms with Crippen molar-refractivity contribution in [1.82, 2.24) is 15.1 Å². The van der Waals surface area contributed by atoms with Crippen LogP contribution in [0.1, 0.15) is 25.7 Å². The minimum absolute atomic E-state index is 0.0717. The number of carbonyl (C=O) groups excluding carboxylic acids is 4. The predicted molar refractivity (Wildman–Crippen MR) is 71.1 cm³/mol. The molecule has 0 aromatic carbocycles. The van der Waals surface area contributed by atoms with Gasteiger partial charge in [0.15, 0.2) is 0 Å². The van der Waals surface area contributed by atoms with Gasteiger partial charge in [0.1, 0.15) is 6.54 Å². The van der Waals surface area contributed by atoms with Gasteiger partial charge in [-0.1, -0.05) is 0 Å². The van der Waals surface area contributed by atoms with Gasteiger partial charge in [0.05, 0.1) is 20.1 Å². The molecule has 0 aromatic heterocycles. The number of hydrogen-bond acceptors (Lipinski definition) is 5. The number of likely N-dealkylation sites (tertiary alicyclic amines) is 1. The molecule has 1 atom stereocenters.